The first kappa shape index (κ1) is 24.2. The number of hydrogen-bond donors (Lipinski definition) is 1. The standard InChI is InChI=1S/C30H31N7O/c1-2-3-8-27-32-30(15-4-5-16-30)29(38)37(27)20-21-9-11-22(12-10-21)26-18-23(24-7-6-17-31-19-24)13-14-25(26)28-33-35-36-34-28/h6-7,9-14,17-19H,2-5,8,15-16,20H2,1H3,(H,33,34,35,36). The molecule has 6 rings (SSSR count). The number of carbonyl (C=O) groups excluding carboxylic acids is 1. The number of unbranched alkanes of at least 4 members (excludes halogenated alkanes) is 1. The monoisotopic (exact) mass is 505 g/mol. The van der Waals surface area contributed by atoms with Crippen LogP contribution in [0.2, 0.25) is 0 Å². The minimum absolute atomic E-state index is 0.189. The van der Waals surface area contributed by atoms with Gasteiger partial charge in [-0.15, -0.1) is 10.2 Å². The second-order valence-corrected chi connectivity index (χ2v) is 10.2. The van der Waals surface area contributed by atoms with E-state index in [-0.39, 0.29) is 5.91 Å². The Labute approximate surface area is 222 Å². The average Bonchev–Trinajstić information content (AvgIpc) is 3.72. The van der Waals surface area contributed by atoms with Crippen molar-refractivity contribution in [2.75, 3.05) is 0 Å². The summed E-state index contributed by atoms with van der Waals surface area (Å²) in [5.41, 5.74) is 5.63. The fourth-order valence-electron chi connectivity index (χ4n) is 5.64. The quantitative estimate of drug-likeness (QED) is 0.324. The van der Waals surface area contributed by atoms with Crippen LogP contribution in [0.1, 0.15) is 57.4 Å². The van der Waals surface area contributed by atoms with E-state index in [0.29, 0.717) is 12.4 Å². The highest BCUT2D eigenvalue weighted by molar-refractivity contribution is 6.08. The number of amides is 1. The molecular weight excluding hydrogens is 474 g/mol. The van der Waals surface area contributed by atoms with Gasteiger partial charge in [0.25, 0.3) is 5.91 Å². The van der Waals surface area contributed by atoms with Crippen LogP contribution in [0.15, 0.2) is 72.0 Å². The normalized spacial score (nSPS) is 16.4. The van der Waals surface area contributed by atoms with E-state index in [1.54, 1.807) is 6.20 Å². The third kappa shape index (κ3) is 4.51. The van der Waals surface area contributed by atoms with Crippen molar-refractivity contribution in [1.82, 2.24) is 30.5 Å². The number of nitrogens with one attached hydrogen (secondary N) is 1. The molecule has 0 saturated heterocycles. The van der Waals surface area contributed by atoms with Crippen LogP contribution in [0.3, 0.4) is 0 Å². The molecule has 0 radical (unpaired) electrons. The minimum atomic E-state index is -0.505. The Bertz CT molecular complexity index is 1440. The largest absolute Gasteiger partial charge is 0.294 e. The Morgan fingerprint density at radius 2 is 1.79 bits per heavy atom. The fourth-order valence-corrected chi connectivity index (χ4v) is 5.64. The van der Waals surface area contributed by atoms with Gasteiger partial charge in [-0.2, -0.15) is 5.21 Å². The Kier molecular flexibility index (Phi) is 6.54. The van der Waals surface area contributed by atoms with Crippen molar-refractivity contribution in [3.63, 3.8) is 0 Å². The number of carbonyl (C=O) groups is 1. The first-order valence-corrected chi connectivity index (χ1v) is 13.5. The molecule has 38 heavy (non-hydrogen) atoms. The maximum absolute atomic E-state index is 13.5. The number of amidine groups is 1. The van der Waals surface area contributed by atoms with Crippen LogP contribution in [0.25, 0.3) is 33.6 Å². The highest BCUT2D eigenvalue weighted by Crippen LogP contribution is 2.40. The molecule has 2 aromatic heterocycles. The lowest BCUT2D eigenvalue weighted by atomic mass is 9.94. The van der Waals surface area contributed by atoms with Gasteiger partial charge in [0.15, 0.2) is 0 Å². The summed E-state index contributed by atoms with van der Waals surface area (Å²) in [6.45, 7) is 2.73. The topological polar surface area (TPSA) is 100 Å². The first-order valence-electron chi connectivity index (χ1n) is 13.5. The molecule has 1 saturated carbocycles. The average molecular weight is 506 g/mol. The van der Waals surface area contributed by atoms with E-state index in [1.165, 1.54) is 0 Å². The van der Waals surface area contributed by atoms with Gasteiger partial charge in [-0.25, -0.2) is 0 Å². The number of tetrazole rings is 1. The maximum atomic E-state index is 13.5. The number of benzene rings is 2. The van der Waals surface area contributed by atoms with Gasteiger partial charge in [0, 0.05) is 29.9 Å². The van der Waals surface area contributed by atoms with E-state index in [0.717, 1.165) is 84.2 Å². The second kappa shape index (κ2) is 10.3. The highest BCUT2D eigenvalue weighted by Gasteiger charge is 2.49. The molecule has 0 unspecified atom stereocenters. The first-order chi connectivity index (χ1) is 18.7. The van der Waals surface area contributed by atoms with E-state index < -0.39 is 5.54 Å². The summed E-state index contributed by atoms with van der Waals surface area (Å²) in [7, 11) is 0. The number of nitrogens with zero attached hydrogens (tertiary/aromatic N) is 6. The maximum Gasteiger partial charge on any atom is 0.256 e. The van der Waals surface area contributed by atoms with Gasteiger partial charge >= 0.3 is 0 Å². The molecule has 4 aromatic rings. The SMILES string of the molecule is CCCCC1=NC2(CCCC2)C(=O)N1Cc1ccc(-c2cc(-c3cccnc3)ccc2-c2nn[nH]n2)cc1. The van der Waals surface area contributed by atoms with Crippen molar-refractivity contribution in [2.45, 2.75) is 64.0 Å². The third-order valence-corrected chi connectivity index (χ3v) is 7.69. The molecule has 1 aliphatic heterocycles. The summed E-state index contributed by atoms with van der Waals surface area (Å²) in [5, 5.41) is 14.8. The molecular formula is C30H31N7O. The lowest BCUT2D eigenvalue weighted by Crippen LogP contribution is -2.40. The second-order valence-electron chi connectivity index (χ2n) is 10.2. The Hall–Kier alpha value is -4.20. The molecule has 0 atom stereocenters. The number of aromatic nitrogens is 5. The summed E-state index contributed by atoms with van der Waals surface area (Å²) in [6.07, 6.45) is 10.5. The molecule has 8 heteroatoms. The van der Waals surface area contributed by atoms with Gasteiger partial charge in [0.05, 0.1) is 6.54 Å². The molecule has 3 heterocycles. The third-order valence-electron chi connectivity index (χ3n) is 7.69. The van der Waals surface area contributed by atoms with Crippen molar-refractivity contribution in [1.29, 1.82) is 0 Å². The van der Waals surface area contributed by atoms with Crippen molar-refractivity contribution in [3.8, 4) is 33.6 Å². The zero-order valence-electron chi connectivity index (χ0n) is 21.6. The summed E-state index contributed by atoms with van der Waals surface area (Å²) in [5.74, 6) is 1.70. The Morgan fingerprint density at radius 3 is 2.50 bits per heavy atom. The van der Waals surface area contributed by atoms with E-state index >= 15 is 0 Å². The van der Waals surface area contributed by atoms with Crippen LogP contribution in [-0.2, 0) is 11.3 Å². The molecule has 0 bridgehead atoms. The smallest absolute Gasteiger partial charge is 0.256 e. The summed E-state index contributed by atoms with van der Waals surface area (Å²) < 4.78 is 0. The van der Waals surface area contributed by atoms with Gasteiger partial charge in [-0.1, -0.05) is 62.6 Å². The number of hydrogen-bond acceptors (Lipinski definition) is 6. The van der Waals surface area contributed by atoms with Crippen LogP contribution in [0.4, 0.5) is 0 Å². The van der Waals surface area contributed by atoms with E-state index in [1.807, 2.05) is 29.3 Å². The zero-order valence-corrected chi connectivity index (χ0v) is 21.6. The molecule has 1 aliphatic carbocycles. The van der Waals surface area contributed by atoms with Gasteiger partial charge < -0.3 is 0 Å². The summed E-state index contributed by atoms with van der Waals surface area (Å²) in [4.78, 5) is 24.8. The molecule has 1 N–H and O–H groups in total. The van der Waals surface area contributed by atoms with Crippen LogP contribution in [-0.4, -0.2) is 47.8 Å². The lowest BCUT2D eigenvalue weighted by Gasteiger charge is -2.23. The summed E-state index contributed by atoms with van der Waals surface area (Å²) in [6, 6.07) is 18.6. The van der Waals surface area contributed by atoms with E-state index in [2.05, 4.69) is 68.9 Å². The molecule has 1 amide bonds. The van der Waals surface area contributed by atoms with Crippen LogP contribution < -0.4 is 0 Å². The lowest BCUT2D eigenvalue weighted by molar-refractivity contribution is -0.131. The van der Waals surface area contributed by atoms with Crippen LogP contribution in [0.5, 0.6) is 0 Å². The molecule has 1 fully saturated rings. The number of aromatic amines is 1. The van der Waals surface area contributed by atoms with Crippen molar-refractivity contribution < 1.29 is 4.79 Å². The Morgan fingerprint density at radius 1 is 0.974 bits per heavy atom. The number of H-pyrrole nitrogens is 1. The minimum Gasteiger partial charge on any atom is -0.294 e. The molecule has 2 aromatic carbocycles. The van der Waals surface area contributed by atoms with E-state index in [4.69, 9.17) is 4.99 Å². The molecule has 2 aliphatic rings. The molecule has 192 valence electrons. The van der Waals surface area contributed by atoms with E-state index in [9.17, 15) is 4.79 Å². The van der Waals surface area contributed by atoms with Gasteiger partial charge in [-0.3, -0.25) is 19.7 Å². The van der Waals surface area contributed by atoms with Gasteiger partial charge in [0.2, 0.25) is 5.82 Å². The van der Waals surface area contributed by atoms with Crippen molar-refractivity contribution in [3.05, 3.63) is 72.6 Å². The van der Waals surface area contributed by atoms with Crippen molar-refractivity contribution >= 4 is 11.7 Å². The predicted octanol–water partition coefficient (Wildman–Crippen LogP) is 5.84. The highest BCUT2D eigenvalue weighted by atomic mass is 16.2. The Balaban J connectivity index is 1.30. The van der Waals surface area contributed by atoms with Crippen LogP contribution >= 0.6 is 0 Å². The number of rotatable bonds is 8. The van der Waals surface area contributed by atoms with Gasteiger partial charge in [0.1, 0.15) is 11.4 Å². The number of aliphatic imine (C=N–C) groups is 1. The summed E-state index contributed by atoms with van der Waals surface area (Å²) >= 11 is 0. The van der Waals surface area contributed by atoms with Gasteiger partial charge in [-0.05, 0) is 64.9 Å². The predicted molar refractivity (Wildman–Crippen MR) is 147 cm³/mol. The fraction of sp³-hybridized carbons (Fsp3) is 0.333. The van der Waals surface area contributed by atoms with Crippen molar-refractivity contribution in [2.24, 2.45) is 4.99 Å². The molecule has 8 nitrogen and oxygen atoms in total. The number of pyridine rings is 1. The van der Waals surface area contributed by atoms with Crippen LogP contribution in [0, 0.1) is 0 Å². The zero-order chi connectivity index (χ0) is 26.0. The molecule has 1 spiro atoms.